The number of aryl methyl sites for hydroxylation is 2. The van der Waals surface area contributed by atoms with Gasteiger partial charge in [0.05, 0.1) is 12.3 Å². The Kier molecular flexibility index (Phi) is 4.18. The quantitative estimate of drug-likeness (QED) is 0.794. The van der Waals surface area contributed by atoms with Gasteiger partial charge in [0.15, 0.2) is 5.78 Å². The molecule has 2 rings (SSSR count). The number of benzene rings is 1. The molecule has 1 aromatic carbocycles. The van der Waals surface area contributed by atoms with Crippen molar-refractivity contribution in [1.82, 2.24) is 4.98 Å². The molecule has 104 valence electrons. The van der Waals surface area contributed by atoms with Crippen molar-refractivity contribution in [1.29, 1.82) is 0 Å². The first-order valence-electron chi connectivity index (χ1n) is 6.71. The summed E-state index contributed by atoms with van der Waals surface area (Å²) >= 11 is 0. The van der Waals surface area contributed by atoms with Gasteiger partial charge in [-0.2, -0.15) is 0 Å². The van der Waals surface area contributed by atoms with E-state index in [0.29, 0.717) is 16.9 Å². The number of carbonyl (C=O) groups excluding carboxylic acids is 1. The van der Waals surface area contributed by atoms with Crippen molar-refractivity contribution in [3.05, 3.63) is 58.9 Å². The van der Waals surface area contributed by atoms with E-state index >= 15 is 0 Å². The predicted octanol–water partition coefficient (Wildman–Crippen LogP) is 3.72. The topological polar surface area (TPSA) is 39.2 Å². The molecule has 0 N–H and O–H groups in total. The highest BCUT2D eigenvalue weighted by Crippen LogP contribution is 2.19. The molecule has 0 spiro atoms. The summed E-state index contributed by atoms with van der Waals surface area (Å²) in [5.74, 6) is 0.601. The molecule has 0 bridgehead atoms. The van der Waals surface area contributed by atoms with Crippen LogP contribution in [0.3, 0.4) is 0 Å². The molecule has 0 aliphatic carbocycles. The van der Waals surface area contributed by atoms with Gasteiger partial charge in [-0.25, -0.2) is 0 Å². The van der Waals surface area contributed by atoms with Gasteiger partial charge in [-0.05, 0) is 45.4 Å². The van der Waals surface area contributed by atoms with E-state index in [-0.39, 0.29) is 11.9 Å². The van der Waals surface area contributed by atoms with Crippen molar-refractivity contribution >= 4 is 5.78 Å². The van der Waals surface area contributed by atoms with Crippen LogP contribution in [0.25, 0.3) is 0 Å². The molecule has 1 heterocycles. The third-order valence-corrected chi connectivity index (χ3v) is 2.98. The molecule has 0 atom stereocenters. The monoisotopic (exact) mass is 269 g/mol. The van der Waals surface area contributed by atoms with Crippen LogP contribution in [0.2, 0.25) is 0 Å². The summed E-state index contributed by atoms with van der Waals surface area (Å²) in [6, 6.07) is 7.62. The smallest absolute Gasteiger partial charge is 0.194 e. The van der Waals surface area contributed by atoms with Gasteiger partial charge < -0.3 is 4.74 Å². The number of ketones is 1. The van der Waals surface area contributed by atoms with Crippen LogP contribution in [0.5, 0.6) is 5.75 Å². The summed E-state index contributed by atoms with van der Waals surface area (Å²) in [5, 5.41) is 0. The Balaban J connectivity index is 2.35. The van der Waals surface area contributed by atoms with Gasteiger partial charge in [-0.1, -0.05) is 17.7 Å². The number of carbonyl (C=O) groups is 1. The fourth-order valence-electron chi connectivity index (χ4n) is 2.02. The Morgan fingerprint density at radius 3 is 2.60 bits per heavy atom. The molecule has 0 aliphatic heterocycles. The second kappa shape index (κ2) is 5.87. The normalized spacial score (nSPS) is 10.7. The zero-order chi connectivity index (χ0) is 14.7. The third-order valence-electron chi connectivity index (χ3n) is 2.98. The van der Waals surface area contributed by atoms with Crippen molar-refractivity contribution in [2.45, 2.75) is 33.8 Å². The molecule has 1 aromatic heterocycles. The first kappa shape index (κ1) is 14.3. The first-order valence-corrected chi connectivity index (χ1v) is 6.71. The van der Waals surface area contributed by atoms with Crippen LogP contribution >= 0.6 is 0 Å². The Labute approximate surface area is 119 Å². The number of rotatable bonds is 4. The zero-order valence-corrected chi connectivity index (χ0v) is 12.3. The lowest BCUT2D eigenvalue weighted by molar-refractivity contribution is 0.103. The van der Waals surface area contributed by atoms with E-state index in [1.54, 1.807) is 18.5 Å². The van der Waals surface area contributed by atoms with Crippen molar-refractivity contribution in [3.63, 3.8) is 0 Å². The van der Waals surface area contributed by atoms with Gasteiger partial charge >= 0.3 is 0 Å². The van der Waals surface area contributed by atoms with Gasteiger partial charge in [0, 0.05) is 17.3 Å². The minimum atomic E-state index is -0.0205. The van der Waals surface area contributed by atoms with E-state index in [9.17, 15) is 4.79 Å². The molecule has 0 radical (unpaired) electrons. The van der Waals surface area contributed by atoms with E-state index in [4.69, 9.17) is 4.74 Å². The lowest BCUT2D eigenvalue weighted by Crippen LogP contribution is -2.08. The first-order chi connectivity index (χ1) is 9.47. The second-order valence-electron chi connectivity index (χ2n) is 5.22. The van der Waals surface area contributed by atoms with E-state index in [2.05, 4.69) is 4.98 Å². The van der Waals surface area contributed by atoms with Gasteiger partial charge in [-0.3, -0.25) is 9.78 Å². The summed E-state index contributed by atoms with van der Waals surface area (Å²) in [6.45, 7) is 7.81. The number of aromatic nitrogens is 1. The predicted molar refractivity (Wildman–Crippen MR) is 79.3 cm³/mol. The van der Waals surface area contributed by atoms with Gasteiger partial charge in [-0.15, -0.1) is 0 Å². The average molecular weight is 269 g/mol. The van der Waals surface area contributed by atoms with Crippen molar-refractivity contribution in [2.24, 2.45) is 0 Å². The van der Waals surface area contributed by atoms with Crippen LogP contribution in [0.15, 0.2) is 36.7 Å². The Morgan fingerprint density at radius 2 is 1.90 bits per heavy atom. The van der Waals surface area contributed by atoms with E-state index < -0.39 is 0 Å². The molecule has 0 amide bonds. The number of hydrogen-bond donors (Lipinski definition) is 0. The molecule has 3 nitrogen and oxygen atoms in total. The molecule has 0 aliphatic rings. The van der Waals surface area contributed by atoms with Crippen LogP contribution in [0.1, 0.15) is 40.9 Å². The molecule has 0 unspecified atom stereocenters. The average Bonchev–Trinajstić information content (AvgIpc) is 2.40. The minimum absolute atomic E-state index is 0.0205. The molecule has 0 saturated heterocycles. The van der Waals surface area contributed by atoms with Gasteiger partial charge in [0.1, 0.15) is 5.75 Å². The van der Waals surface area contributed by atoms with Crippen LogP contribution in [-0.4, -0.2) is 16.9 Å². The molecule has 3 heteroatoms. The zero-order valence-electron chi connectivity index (χ0n) is 12.3. The van der Waals surface area contributed by atoms with Crippen molar-refractivity contribution in [2.75, 3.05) is 0 Å². The summed E-state index contributed by atoms with van der Waals surface area (Å²) in [6.07, 6.45) is 3.26. The van der Waals surface area contributed by atoms with Gasteiger partial charge in [0.2, 0.25) is 0 Å². The molecule has 0 fully saturated rings. The maximum atomic E-state index is 12.6. The number of nitrogens with zero attached hydrogens (tertiary/aromatic N) is 1. The minimum Gasteiger partial charge on any atom is -0.489 e. The third kappa shape index (κ3) is 3.23. The van der Waals surface area contributed by atoms with E-state index in [1.807, 2.05) is 45.9 Å². The van der Waals surface area contributed by atoms with Crippen molar-refractivity contribution < 1.29 is 9.53 Å². The molecule has 2 aromatic rings. The number of pyridine rings is 1. The molecule has 0 saturated carbocycles. The molecular formula is C17H19NO2. The summed E-state index contributed by atoms with van der Waals surface area (Å²) < 4.78 is 5.58. The van der Waals surface area contributed by atoms with Crippen LogP contribution in [0.4, 0.5) is 0 Å². The van der Waals surface area contributed by atoms with Crippen molar-refractivity contribution in [3.8, 4) is 5.75 Å². The highest BCUT2D eigenvalue weighted by Gasteiger charge is 2.13. The van der Waals surface area contributed by atoms with Crippen LogP contribution in [0, 0.1) is 13.8 Å². The maximum Gasteiger partial charge on any atom is 0.194 e. The lowest BCUT2D eigenvalue weighted by Gasteiger charge is -2.11. The van der Waals surface area contributed by atoms with E-state index in [1.165, 1.54) is 0 Å². The highest BCUT2D eigenvalue weighted by molar-refractivity contribution is 6.10. The summed E-state index contributed by atoms with van der Waals surface area (Å²) in [4.78, 5) is 16.7. The Hall–Kier alpha value is -2.16. The number of hydrogen-bond acceptors (Lipinski definition) is 3. The van der Waals surface area contributed by atoms with Crippen LogP contribution in [-0.2, 0) is 0 Å². The molecule has 20 heavy (non-hydrogen) atoms. The Morgan fingerprint density at radius 1 is 1.15 bits per heavy atom. The maximum absolute atomic E-state index is 12.6. The van der Waals surface area contributed by atoms with E-state index in [0.717, 1.165) is 11.1 Å². The fraction of sp³-hybridized carbons (Fsp3) is 0.294. The largest absolute Gasteiger partial charge is 0.489 e. The van der Waals surface area contributed by atoms with Crippen LogP contribution < -0.4 is 4.74 Å². The standard InChI is InChI=1S/C17H19NO2/c1-11(2)20-15-8-14(9-18-10-15)17(19)16-7-12(3)5-6-13(16)4/h5-11H,1-4H3. The second-order valence-corrected chi connectivity index (χ2v) is 5.22. The summed E-state index contributed by atoms with van der Waals surface area (Å²) in [7, 11) is 0. The molecular weight excluding hydrogens is 250 g/mol. The SMILES string of the molecule is Cc1ccc(C)c(C(=O)c2cncc(OC(C)C)c2)c1. The lowest BCUT2D eigenvalue weighted by atomic mass is 9.98. The van der Waals surface area contributed by atoms with Gasteiger partial charge in [0.25, 0.3) is 0 Å². The fourth-order valence-corrected chi connectivity index (χ4v) is 2.02. The summed E-state index contributed by atoms with van der Waals surface area (Å²) in [5.41, 5.74) is 3.31. The highest BCUT2D eigenvalue weighted by atomic mass is 16.5. The Bertz CT molecular complexity index is 633. The number of ether oxygens (including phenoxy) is 1.